The molecule has 0 aliphatic rings. The van der Waals surface area contributed by atoms with Crippen molar-refractivity contribution in [3.05, 3.63) is 77.9 Å². The highest BCUT2D eigenvalue weighted by Gasteiger charge is 2.36. The summed E-state index contributed by atoms with van der Waals surface area (Å²) < 4.78 is 78.3. The molecule has 0 bridgehead atoms. The van der Waals surface area contributed by atoms with Gasteiger partial charge in [-0.15, -0.1) is 5.10 Å². The van der Waals surface area contributed by atoms with E-state index < -0.39 is 32.8 Å². The molecule has 202 valence electrons. The van der Waals surface area contributed by atoms with Crippen LogP contribution in [-0.2, 0) is 16.2 Å². The number of benzene rings is 3. The highest BCUT2D eigenvalue weighted by Crippen LogP contribution is 2.34. The SMILES string of the molecule is COc1n[nH]c2cc(OCCNC[C@H](O)c3cccc(NS(=O)(=O)c4ccccc4C(F)(F)F)c3)ccc12. The Balaban J connectivity index is 1.31. The molecule has 0 saturated carbocycles. The lowest BCUT2D eigenvalue weighted by molar-refractivity contribution is -0.139. The molecule has 38 heavy (non-hydrogen) atoms. The van der Waals surface area contributed by atoms with E-state index in [4.69, 9.17) is 9.47 Å². The minimum Gasteiger partial charge on any atom is -0.492 e. The van der Waals surface area contributed by atoms with Crippen LogP contribution in [0, 0.1) is 0 Å². The summed E-state index contributed by atoms with van der Waals surface area (Å²) in [6.07, 6.45) is -5.84. The van der Waals surface area contributed by atoms with Crippen molar-refractivity contribution in [2.45, 2.75) is 17.2 Å². The van der Waals surface area contributed by atoms with Gasteiger partial charge in [-0.25, -0.2) is 8.42 Å². The maximum Gasteiger partial charge on any atom is 0.417 e. The van der Waals surface area contributed by atoms with E-state index in [-0.39, 0.29) is 12.2 Å². The number of aromatic nitrogens is 2. The first-order chi connectivity index (χ1) is 18.1. The molecule has 1 heterocycles. The smallest absolute Gasteiger partial charge is 0.417 e. The number of H-pyrrole nitrogens is 1. The summed E-state index contributed by atoms with van der Waals surface area (Å²) in [5.41, 5.74) is -0.103. The number of nitrogens with one attached hydrogen (secondary N) is 3. The molecule has 0 radical (unpaired) electrons. The van der Waals surface area contributed by atoms with Gasteiger partial charge in [0.25, 0.3) is 10.0 Å². The monoisotopic (exact) mass is 550 g/mol. The zero-order valence-corrected chi connectivity index (χ0v) is 20.9. The molecular formula is C25H25F3N4O5S. The molecule has 4 rings (SSSR count). The van der Waals surface area contributed by atoms with E-state index in [1.54, 1.807) is 18.2 Å². The van der Waals surface area contributed by atoms with E-state index in [1.807, 2.05) is 6.07 Å². The first-order valence-corrected chi connectivity index (χ1v) is 12.9. The Morgan fingerprint density at radius 2 is 1.87 bits per heavy atom. The van der Waals surface area contributed by atoms with Crippen LogP contribution in [0.5, 0.6) is 11.6 Å². The number of aliphatic hydroxyl groups excluding tert-OH is 1. The number of alkyl halides is 3. The number of aromatic amines is 1. The van der Waals surface area contributed by atoms with Gasteiger partial charge >= 0.3 is 6.18 Å². The van der Waals surface area contributed by atoms with E-state index in [1.165, 1.54) is 31.4 Å². The molecule has 9 nitrogen and oxygen atoms in total. The van der Waals surface area contributed by atoms with Gasteiger partial charge in [0, 0.05) is 24.8 Å². The Bertz CT molecular complexity index is 1510. The lowest BCUT2D eigenvalue weighted by Gasteiger charge is -2.16. The van der Waals surface area contributed by atoms with Crippen molar-refractivity contribution in [2.24, 2.45) is 0 Å². The molecule has 0 aliphatic carbocycles. The number of hydrogen-bond acceptors (Lipinski definition) is 7. The van der Waals surface area contributed by atoms with Gasteiger partial charge in [-0.2, -0.15) is 13.2 Å². The average Bonchev–Trinajstić information content (AvgIpc) is 3.30. The zero-order valence-electron chi connectivity index (χ0n) is 20.1. The largest absolute Gasteiger partial charge is 0.492 e. The summed E-state index contributed by atoms with van der Waals surface area (Å²) >= 11 is 0. The van der Waals surface area contributed by atoms with Crippen LogP contribution in [0.25, 0.3) is 10.9 Å². The second-order valence-corrected chi connectivity index (χ2v) is 9.88. The van der Waals surface area contributed by atoms with Crippen molar-refractivity contribution >= 4 is 26.6 Å². The summed E-state index contributed by atoms with van der Waals surface area (Å²) in [5, 5.41) is 21.3. The van der Waals surface area contributed by atoms with Gasteiger partial charge in [0.15, 0.2) is 0 Å². The van der Waals surface area contributed by atoms with Gasteiger partial charge < -0.3 is 19.9 Å². The lowest BCUT2D eigenvalue weighted by Crippen LogP contribution is -2.26. The van der Waals surface area contributed by atoms with Gasteiger partial charge in [0.1, 0.15) is 12.4 Å². The number of aliphatic hydroxyl groups is 1. The molecule has 0 saturated heterocycles. The van der Waals surface area contributed by atoms with Gasteiger partial charge in [0.2, 0.25) is 5.88 Å². The van der Waals surface area contributed by atoms with E-state index >= 15 is 0 Å². The molecule has 1 aromatic heterocycles. The third-order valence-electron chi connectivity index (χ3n) is 5.58. The molecular weight excluding hydrogens is 525 g/mol. The van der Waals surface area contributed by atoms with Crippen LogP contribution in [-0.4, -0.2) is 50.5 Å². The number of ether oxygens (including phenoxy) is 2. The van der Waals surface area contributed by atoms with Gasteiger partial charge in [-0.3, -0.25) is 9.82 Å². The quantitative estimate of drug-likeness (QED) is 0.207. The van der Waals surface area contributed by atoms with E-state index in [2.05, 4.69) is 20.2 Å². The molecule has 13 heteroatoms. The van der Waals surface area contributed by atoms with E-state index in [9.17, 15) is 26.7 Å². The van der Waals surface area contributed by atoms with Crippen molar-refractivity contribution in [2.75, 3.05) is 31.5 Å². The molecule has 0 aliphatic heterocycles. The molecule has 1 atom stereocenters. The fourth-order valence-electron chi connectivity index (χ4n) is 3.77. The van der Waals surface area contributed by atoms with Gasteiger partial charge in [0.05, 0.1) is 34.6 Å². The molecule has 0 unspecified atom stereocenters. The zero-order chi connectivity index (χ0) is 27.3. The fraction of sp³-hybridized carbons (Fsp3) is 0.240. The molecule has 3 aromatic carbocycles. The number of sulfonamides is 1. The Labute approximate surface area is 216 Å². The summed E-state index contributed by atoms with van der Waals surface area (Å²) in [6.45, 7) is 0.844. The minimum atomic E-state index is -4.84. The van der Waals surface area contributed by atoms with Crippen LogP contribution in [0.3, 0.4) is 0 Å². The second-order valence-electron chi connectivity index (χ2n) is 8.23. The highest BCUT2D eigenvalue weighted by atomic mass is 32.2. The Morgan fingerprint density at radius 1 is 1.08 bits per heavy atom. The van der Waals surface area contributed by atoms with Crippen LogP contribution in [0.2, 0.25) is 0 Å². The van der Waals surface area contributed by atoms with Crippen molar-refractivity contribution in [1.82, 2.24) is 15.5 Å². The third kappa shape index (κ3) is 6.36. The second kappa shape index (κ2) is 11.3. The normalized spacial score (nSPS) is 12.9. The number of hydrogen-bond donors (Lipinski definition) is 4. The number of methoxy groups -OCH3 is 1. The van der Waals surface area contributed by atoms with Crippen LogP contribution < -0.4 is 19.5 Å². The van der Waals surface area contributed by atoms with Gasteiger partial charge in [-0.05, 0) is 42.0 Å². The predicted molar refractivity (Wildman–Crippen MR) is 135 cm³/mol. The van der Waals surface area contributed by atoms with Crippen LogP contribution in [0.15, 0.2) is 71.6 Å². The third-order valence-corrected chi connectivity index (χ3v) is 7.02. The number of nitrogens with zero attached hydrogens (tertiary/aromatic N) is 1. The maximum atomic E-state index is 13.3. The first-order valence-electron chi connectivity index (χ1n) is 11.4. The minimum absolute atomic E-state index is 0.0210. The van der Waals surface area contributed by atoms with Crippen molar-refractivity contribution in [3.63, 3.8) is 0 Å². The fourth-order valence-corrected chi connectivity index (χ4v) is 5.05. The van der Waals surface area contributed by atoms with Crippen molar-refractivity contribution in [1.29, 1.82) is 0 Å². The molecule has 0 fully saturated rings. The highest BCUT2D eigenvalue weighted by molar-refractivity contribution is 7.92. The number of halogens is 3. The van der Waals surface area contributed by atoms with Crippen molar-refractivity contribution in [3.8, 4) is 11.6 Å². The molecule has 0 spiro atoms. The average molecular weight is 551 g/mol. The standard InChI is InChI=1S/C25H25F3N4O5S/c1-36-24-19-10-9-18(14-21(19)30-31-24)37-12-11-29-15-22(33)16-5-4-6-17(13-16)32-38(34,35)23-8-3-2-7-20(23)25(26,27)28/h2-10,13-14,22,29,32-33H,11-12,15H2,1H3,(H,30,31)/t22-/m0/s1. The maximum absolute atomic E-state index is 13.3. The number of anilines is 1. The predicted octanol–water partition coefficient (Wildman–Crippen LogP) is 4.09. The molecule has 0 amide bonds. The Morgan fingerprint density at radius 3 is 2.63 bits per heavy atom. The van der Waals surface area contributed by atoms with Gasteiger partial charge in [-0.1, -0.05) is 24.3 Å². The van der Waals surface area contributed by atoms with E-state index in [0.717, 1.165) is 23.0 Å². The van der Waals surface area contributed by atoms with Crippen LogP contribution in [0.4, 0.5) is 18.9 Å². The number of fused-ring (bicyclic) bond motifs is 1. The van der Waals surface area contributed by atoms with Crippen molar-refractivity contribution < 1.29 is 36.2 Å². The van der Waals surface area contributed by atoms with Crippen LogP contribution >= 0.6 is 0 Å². The summed E-state index contributed by atoms with van der Waals surface area (Å²) in [4.78, 5) is -0.883. The Hall–Kier alpha value is -3.81. The first kappa shape index (κ1) is 27.2. The number of rotatable bonds is 11. The lowest BCUT2D eigenvalue weighted by atomic mass is 10.1. The molecule has 4 aromatic rings. The summed E-state index contributed by atoms with van der Waals surface area (Å²) in [5.74, 6) is 1.11. The van der Waals surface area contributed by atoms with E-state index in [0.29, 0.717) is 36.4 Å². The molecule has 4 N–H and O–H groups in total. The van der Waals surface area contributed by atoms with Crippen LogP contribution in [0.1, 0.15) is 17.2 Å². The topological polar surface area (TPSA) is 126 Å². The summed E-state index contributed by atoms with van der Waals surface area (Å²) in [6, 6.07) is 15.2. The summed E-state index contributed by atoms with van der Waals surface area (Å²) in [7, 11) is -3.00. The Kier molecular flexibility index (Phi) is 8.09.